The number of carbonyl (C=O) groups is 1. The number of nitrogens with zero attached hydrogens (tertiary/aromatic N) is 2. The van der Waals surface area contributed by atoms with Crippen molar-refractivity contribution in [2.45, 2.75) is 27.7 Å². The van der Waals surface area contributed by atoms with Crippen LogP contribution < -0.4 is 5.32 Å². The van der Waals surface area contributed by atoms with E-state index in [4.69, 9.17) is 0 Å². The Kier molecular flexibility index (Phi) is 4.21. The quantitative estimate of drug-likeness (QED) is 0.780. The maximum atomic E-state index is 12.6. The van der Waals surface area contributed by atoms with Crippen molar-refractivity contribution < 1.29 is 4.79 Å². The Morgan fingerprint density at radius 1 is 0.917 bits per heavy atom. The molecular weight excluding hydrogens is 298 g/mol. The second kappa shape index (κ2) is 6.32. The van der Waals surface area contributed by atoms with Crippen LogP contribution in [0.2, 0.25) is 0 Å². The molecule has 0 saturated heterocycles. The van der Waals surface area contributed by atoms with Gasteiger partial charge in [-0.25, -0.2) is 4.68 Å². The Labute approximate surface area is 142 Å². The molecule has 1 heterocycles. The highest BCUT2D eigenvalue weighted by molar-refractivity contribution is 6.05. The van der Waals surface area contributed by atoms with Gasteiger partial charge in [0.25, 0.3) is 5.91 Å². The average Bonchev–Trinajstić information content (AvgIpc) is 2.89. The molecule has 0 fully saturated rings. The summed E-state index contributed by atoms with van der Waals surface area (Å²) in [6.07, 6.45) is 1.62. The third-order valence-corrected chi connectivity index (χ3v) is 4.01. The van der Waals surface area contributed by atoms with Crippen molar-refractivity contribution in [3.63, 3.8) is 0 Å². The van der Waals surface area contributed by atoms with E-state index in [0.717, 1.165) is 28.2 Å². The highest BCUT2D eigenvalue weighted by Crippen LogP contribution is 2.18. The van der Waals surface area contributed by atoms with Crippen LogP contribution in [0.15, 0.2) is 48.7 Å². The first-order chi connectivity index (χ1) is 11.4. The zero-order valence-corrected chi connectivity index (χ0v) is 14.4. The van der Waals surface area contributed by atoms with Crippen LogP contribution in [0.3, 0.4) is 0 Å². The molecule has 3 aromatic rings. The summed E-state index contributed by atoms with van der Waals surface area (Å²) in [5, 5.41) is 7.33. The van der Waals surface area contributed by atoms with Crippen LogP contribution in [0.25, 0.3) is 5.69 Å². The number of rotatable bonds is 3. The Hall–Kier alpha value is -2.88. The van der Waals surface area contributed by atoms with E-state index in [2.05, 4.69) is 16.5 Å². The van der Waals surface area contributed by atoms with Gasteiger partial charge in [-0.3, -0.25) is 4.79 Å². The van der Waals surface area contributed by atoms with Crippen molar-refractivity contribution in [3.8, 4) is 5.69 Å². The molecule has 1 aromatic heterocycles. The summed E-state index contributed by atoms with van der Waals surface area (Å²) in [5.74, 6) is -0.143. The monoisotopic (exact) mass is 319 g/mol. The van der Waals surface area contributed by atoms with E-state index in [1.807, 2.05) is 64.1 Å². The number of aromatic nitrogens is 2. The first-order valence-corrected chi connectivity index (χ1v) is 7.95. The van der Waals surface area contributed by atoms with Crippen LogP contribution in [-0.2, 0) is 0 Å². The highest BCUT2D eigenvalue weighted by Gasteiger charge is 2.15. The summed E-state index contributed by atoms with van der Waals surface area (Å²) >= 11 is 0. The molecule has 0 bridgehead atoms. The van der Waals surface area contributed by atoms with Crippen molar-refractivity contribution in [1.82, 2.24) is 9.78 Å². The maximum Gasteiger partial charge on any atom is 0.259 e. The minimum absolute atomic E-state index is 0.143. The Bertz CT molecular complexity index is 871. The first kappa shape index (κ1) is 16.0. The van der Waals surface area contributed by atoms with E-state index in [1.165, 1.54) is 5.56 Å². The first-order valence-electron chi connectivity index (χ1n) is 7.95. The van der Waals surface area contributed by atoms with Crippen molar-refractivity contribution >= 4 is 11.6 Å². The molecule has 2 aromatic carbocycles. The number of anilines is 1. The Balaban J connectivity index is 1.87. The van der Waals surface area contributed by atoms with E-state index >= 15 is 0 Å². The van der Waals surface area contributed by atoms with Gasteiger partial charge in [0.1, 0.15) is 0 Å². The molecule has 0 aliphatic heterocycles. The molecule has 122 valence electrons. The zero-order chi connectivity index (χ0) is 17.3. The number of hydrogen-bond donors (Lipinski definition) is 1. The van der Waals surface area contributed by atoms with Gasteiger partial charge in [-0.05, 0) is 63.1 Å². The topological polar surface area (TPSA) is 46.9 Å². The zero-order valence-electron chi connectivity index (χ0n) is 14.4. The van der Waals surface area contributed by atoms with Crippen molar-refractivity contribution in [3.05, 3.63) is 76.6 Å². The molecule has 1 N–H and O–H groups in total. The fourth-order valence-corrected chi connectivity index (χ4v) is 2.82. The molecule has 0 aliphatic rings. The van der Waals surface area contributed by atoms with Gasteiger partial charge in [-0.2, -0.15) is 5.10 Å². The number of amides is 1. The summed E-state index contributed by atoms with van der Waals surface area (Å²) in [7, 11) is 0. The second-order valence-electron chi connectivity index (χ2n) is 6.22. The fourth-order valence-electron chi connectivity index (χ4n) is 2.82. The number of aryl methyl sites for hydroxylation is 3. The van der Waals surface area contributed by atoms with E-state index in [0.29, 0.717) is 5.56 Å². The van der Waals surface area contributed by atoms with E-state index in [9.17, 15) is 4.79 Å². The van der Waals surface area contributed by atoms with Crippen molar-refractivity contribution in [1.29, 1.82) is 0 Å². The largest absolute Gasteiger partial charge is 0.322 e. The lowest BCUT2D eigenvalue weighted by Crippen LogP contribution is -2.13. The van der Waals surface area contributed by atoms with Crippen LogP contribution in [0, 0.1) is 27.7 Å². The molecular formula is C20H21N3O. The van der Waals surface area contributed by atoms with Gasteiger partial charge in [-0.15, -0.1) is 0 Å². The van der Waals surface area contributed by atoms with Gasteiger partial charge in [0.05, 0.1) is 23.1 Å². The molecule has 3 rings (SSSR count). The van der Waals surface area contributed by atoms with Crippen LogP contribution >= 0.6 is 0 Å². The summed E-state index contributed by atoms with van der Waals surface area (Å²) in [6, 6.07) is 14.1. The minimum atomic E-state index is -0.143. The van der Waals surface area contributed by atoms with Crippen LogP contribution in [0.4, 0.5) is 5.69 Å². The molecule has 0 atom stereocenters. The van der Waals surface area contributed by atoms with Gasteiger partial charge in [0.2, 0.25) is 0 Å². The lowest BCUT2D eigenvalue weighted by atomic mass is 10.1. The van der Waals surface area contributed by atoms with Crippen molar-refractivity contribution in [2.75, 3.05) is 5.32 Å². The predicted octanol–water partition coefficient (Wildman–Crippen LogP) is 4.36. The molecule has 0 saturated carbocycles. The normalized spacial score (nSPS) is 10.7. The SMILES string of the molecule is Cc1ccc(-n2ncc(C(=O)Nc3cc(C)cc(C)c3)c2C)cc1. The van der Waals surface area contributed by atoms with Crippen LogP contribution in [-0.4, -0.2) is 15.7 Å². The molecule has 4 heteroatoms. The van der Waals surface area contributed by atoms with Crippen molar-refractivity contribution in [2.24, 2.45) is 0 Å². The molecule has 0 unspecified atom stereocenters. The van der Waals surface area contributed by atoms with Crippen LogP contribution in [0.1, 0.15) is 32.7 Å². The molecule has 0 aliphatic carbocycles. The van der Waals surface area contributed by atoms with Gasteiger partial charge in [-0.1, -0.05) is 23.8 Å². The third kappa shape index (κ3) is 3.23. The second-order valence-corrected chi connectivity index (χ2v) is 6.22. The predicted molar refractivity (Wildman–Crippen MR) is 96.9 cm³/mol. The van der Waals surface area contributed by atoms with E-state index in [1.54, 1.807) is 10.9 Å². The fraction of sp³-hybridized carbons (Fsp3) is 0.200. The van der Waals surface area contributed by atoms with Gasteiger partial charge in [0, 0.05) is 5.69 Å². The summed E-state index contributed by atoms with van der Waals surface area (Å²) < 4.78 is 1.79. The standard InChI is InChI=1S/C20H21N3O/c1-13-5-7-18(8-6-13)23-16(4)19(12-21-23)20(24)22-17-10-14(2)9-15(3)11-17/h5-12H,1-4H3,(H,22,24). The van der Waals surface area contributed by atoms with E-state index in [-0.39, 0.29) is 5.91 Å². The Morgan fingerprint density at radius 2 is 1.54 bits per heavy atom. The smallest absolute Gasteiger partial charge is 0.259 e. The number of hydrogen-bond acceptors (Lipinski definition) is 2. The summed E-state index contributed by atoms with van der Waals surface area (Å²) in [6.45, 7) is 7.98. The number of benzene rings is 2. The van der Waals surface area contributed by atoms with E-state index < -0.39 is 0 Å². The average molecular weight is 319 g/mol. The van der Waals surface area contributed by atoms with Gasteiger partial charge in [0.15, 0.2) is 0 Å². The van der Waals surface area contributed by atoms with Gasteiger partial charge >= 0.3 is 0 Å². The molecule has 0 radical (unpaired) electrons. The number of nitrogens with one attached hydrogen (secondary N) is 1. The highest BCUT2D eigenvalue weighted by atomic mass is 16.1. The summed E-state index contributed by atoms with van der Waals surface area (Å²) in [4.78, 5) is 12.6. The molecule has 4 nitrogen and oxygen atoms in total. The minimum Gasteiger partial charge on any atom is -0.322 e. The van der Waals surface area contributed by atoms with Gasteiger partial charge < -0.3 is 5.32 Å². The molecule has 24 heavy (non-hydrogen) atoms. The number of carbonyl (C=O) groups excluding carboxylic acids is 1. The van der Waals surface area contributed by atoms with Crippen LogP contribution in [0.5, 0.6) is 0 Å². The molecule has 1 amide bonds. The Morgan fingerprint density at radius 3 is 2.17 bits per heavy atom. The lowest BCUT2D eigenvalue weighted by Gasteiger charge is -2.08. The lowest BCUT2D eigenvalue weighted by molar-refractivity contribution is 0.102. The summed E-state index contributed by atoms with van der Waals surface area (Å²) in [5.41, 5.74) is 6.59. The third-order valence-electron chi connectivity index (χ3n) is 4.01. The maximum absolute atomic E-state index is 12.6. The molecule has 0 spiro atoms.